The van der Waals surface area contributed by atoms with Crippen LogP contribution in [0.4, 0.5) is 11.4 Å². The number of hydrogen-bond acceptors (Lipinski definition) is 8. The predicted octanol–water partition coefficient (Wildman–Crippen LogP) is 5.99. The second-order valence-corrected chi connectivity index (χ2v) is 8.93. The summed E-state index contributed by atoms with van der Waals surface area (Å²) in [5, 5.41) is 27.6. The third-order valence-electron chi connectivity index (χ3n) is 5.89. The van der Waals surface area contributed by atoms with Gasteiger partial charge in [0.1, 0.15) is 6.61 Å². The molecule has 0 bridgehead atoms. The second-order valence-electron chi connectivity index (χ2n) is 8.49. The highest BCUT2D eigenvalue weighted by Gasteiger charge is 2.21. The van der Waals surface area contributed by atoms with Gasteiger partial charge in [-0.2, -0.15) is 9.78 Å². The molecule has 0 amide bonds. The number of benzene rings is 4. The Kier molecular flexibility index (Phi) is 7.29. The van der Waals surface area contributed by atoms with Gasteiger partial charge in [0, 0.05) is 34.3 Å². The van der Waals surface area contributed by atoms with Crippen molar-refractivity contribution in [1.29, 1.82) is 0 Å². The molecule has 0 aliphatic carbocycles. The zero-order valence-corrected chi connectivity index (χ0v) is 21.3. The average Bonchev–Trinajstić information content (AvgIpc) is 2.96. The van der Waals surface area contributed by atoms with E-state index in [0.717, 1.165) is 10.7 Å². The molecule has 0 N–H and O–H groups in total. The third-order valence-corrected chi connectivity index (χ3v) is 6.11. The fourth-order valence-electron chi connectivity index (χ4n) is 3.98. The molecular weight excluding hydrogens is 538 g/mol. The molecule has 0 radical (unpaired) electrons. The summed E-state index contributed by atoms with van der Waals surface area (Å²) >= 11 is 6.18. The first-order chi connectivity index (χ1) is 19.3. The van der Waals surface area contributed by atoms with E-state index >= 15 is 0 Å². The number of rotatable bonds is 8. The number of nitrogens with zero attached hydrogens (tertiary/aromatic N) is 5. The molecule has 5 aromatic rings. The summed E-state index contributed by atoms with van der Waals surface area (Å²) in [6.07, 6.45) is 1.24. The van der Waals surface area contributed by atoms with Crippen LogP contribution in [0.15, 0.2) is 101 Å². The molecule has 40 heavy (non-hydrogen) atoms. The highest BCUT2D eigenvalue weighted by molar-refractivity contribution is 6.31. The molecule has 1 aromatic heterocycles. The molecule has 11 nitrogen and oxygen atoms in total. The molecule has 198 valence electrons. The Balaban J connectivity index is 1.60. The number of halogens is 1. The quantitative estimate of drug-likeness (QED) is 0.130. The van der Waals surface area contributed by atoms with Gasteiger partial charge in [0.15, 0.2) is 5.82 Å². The van der Waals surface area contributed by atoms with E-state index in [0.29, 0.717) is 22.0 Å². The van der Waals surface area contributed by atoms with Gasteiger partial charge in [-0.3, -0.25) is 25.0 Å². The van der Waals surface area contributed by atoms with Crippen molar-refractivity contribution in [2.45, 2.75) is 6.61 Å². The lowest BCUT2D eigenvalue weighted by Crippen LogP contribution is -2.20. The largest absolute Gasteiger partial charge is 0.481 e. The molecule has 5 rings (SSSR count). The highest BCUT2D eigenvalue weighted by atomic mass is 35.5. The van der Waals surface area contributed by atoms with Crippen molar-refractivity contribution in [3.8, 4) is 17.1 Å². The van der Waals surface area contributed by atoms with Crippen LogP contribution in [0.25, 0.3) is 22.3 Å². The van der Waals surface area contributed by atoms with Crippen LogP contribution in [-0.2, 0) is 6.61 Å². The topological polar surface area (TPSA) is 143 Å². The maximum Gasteiger partial charge on any atom is 0.313 e. The Bertz CT molecular complexity index is 1840. The van der Waals surface area contributed by atoms with Crippen LogP contribution in [0, 0.1) is 20.2 Å². The fourth-order valence-corrected chi connectivity index (χ4v) is 4.20. The zero-order chi connectivity index (χ0) is 28.2. The van der Waals surface area contributed by atoms with E-state index in [-0.39, 0.29) is 34.5 Å². The van der Waals surface area contributed by atoms with E-state index < -0.39 is 21.1 Å². The van der Waals surface area contributed by atoms with Gasteiger partial charge in [-0.15, -0.1) is 0 Å². The summed E-state index contributed by atoms with van der Waals surface area (Å²) in [5.74, 6) is 0.130. The van der Waals surface area contributed by atoms with E-state index in [9.17, 15) is 25.0 Å². The number of nitro benzene ring substituents is 2. The normalized spacial score (nSPS) is 11.1. The summed E-state index contributed by atoms with van der Waals surface area (Å²) in [4.78, 5) is 39.7. The van der Waals surface area contributed by atoms with Crippen molar-refractivity contribution in [3.63, 3.8) is 0 Å². The maximum absolute atomic E-state index is 13.5. The summed E-state index contributed by atoms with van der Waals surface area (Å²) in [6, 6.07) is 24.0. The van der Waals surface area contributed by atoms with Crippen LogP contribution in [0.5, 0.6) is 5.75 Å². The lowest BCUT2D eigenvalue weighted by molar-refractivity contribution is -0.386. The van der Waals surface area contributed by atoms with Crippen LogP contribution in [0.2, 0.25) is 5.02 Å². The molecule has 0 aliphatic rings. The van der Waals surface area contributed by atoms with Gasteiger partial charge in [-0.05, 0) is 35.9 Å². The van der Waals surface area contributed by atoms with Crippen LogP contribution in [-0.4, -0.2) is 25.7 Å². The number of nitro groups is 2. The predicted molar refractivity (Wildman–Crippen MR) is 150 cm³/mol. The molecule has 12 heteroatoms. The molecule has 0 saturated heterocycles. The highest BCUT2D eigenvalue weighted by Crippen LogP contribution is 2.34. The monoisotopic (exact) mass is 555 g/mol. The van der Waals surface area contributed by atoms with Gasteiger partial charge < -0.3 is 4.74 Å². The van der Waals surface area contributed by atoms with Crippen molar-refractivity contribution in [2.24, 2.45) is 5.10 Å². The Labute approximate surface area is 230 Å². The van der Waals surface area contributed by atoms with Crippen LogP contribution < -0.4 is 10.3 Å². The number of fused-ring (bicyclic) bond motifs is 1. The van der Waals surface area contributed by atoms with Crippen molar-refractivity contribution in [3.05, 3.63) is 138 Å². The fraction of sp³-hybridized carbons (Fsp3) is 0.0357. The molecule has 1 heterocycles. The standard InChI is InChI=1S/C28H18ClN5O6/c29-21-14-20(26(25(15-21)34(38)39)40-17-18-10-12-22(13-11-18)33(36)37)16-30-32-27(19-6-2-1-3-7-19)31-24-9-5-4-8-23(24)28(32)35/h1-16H,17H2. The Morgan fingerprint density at radius 3 is 2.33 bits per heavy atom. The van der Waals surface area contributed by atoms with Crippen LogP contribution in [0.1, 0.15) is 11.1 Å². The number of para-hydroxylation sites is 1. The SMILES string of the molecule is O=c1c2ccccc2nc(-c2ccccc2)n1N=Cc1cc(Cl)cc([N+](=O)[O-])c1OCc1ccc([N+](=O)[O-])cc1. The zero-order valence-electron chi connectivity index (χ0n) is 20.5. The van der Waals surface area contributed by atoms with Crippen LogP contribution >= 0.6 is 11.6 Å². The van der Waals surface area contributed by atoms with Gasteiger partial charge >= 0.3 is 5.69 Å². The molecule has 4 aromatic carbocycles. The molecular formula is C28H18ClN5O6. The van der Waals surface area contributed by atoms with E-state index in [2.05, 4.69) is 10.1 Å². The summed E-state index contributed by atoms with van der Waals surface area (Å²) < 4.78 is 6.93. The number of ether oxygens (including phenoxy) is 1. The van der Waals surface area contributed by atoms with Gasteiger partial charge in [0.05, 0.1) is 27.0 Å². The lowest BCUT2D eigenvalue weighted by atomic mass is 10.1. The lowest BCUT2D eigenvalue weighted by Gasteiger charge is -2.12. The minimum atomic E-state index is -0.645. The molecule has 0 spiro atoms. The smallest absolute Gasteiger partial charge is 0.313 e. The molecule has 0 unspecified atom stereocenters. The third kappa shape index (κ3) is 5.40. The summed E-state index contributed by atoms with van der Waals surface area (Å²) in [6.45, 7) is -0.131. The molecule has 0 fully saturated rings. The summed E-state index contributed by atoms with van der Waals surface area (Å²) in [5.41, 5.74) is 0.850. The van der Waals surface area contributed by atoms with E-state index in [4.69, 9.17) is 16.3 Å². The van der Waals surface area contributed by atoms with Gasteiger partial charge in [0.25, 0.3) is 11.2 Å². The minimum Gasteiger partial charge on any atom is -0.481 e. The van der Waals surface area contributed by atoms with Crippen LogP contribution in [0.3, 0.4) is 0 Å². The van der Waals surface area contributed by atoms with Gasteiger partial charge in [-0.1, -0.05) is 54.1 Å². The van der Waals surface area contributed by atoms with Gasteiger partial charge in [0.2, 0.25) is 5.75 Å². The Morgan fingerprint density at radius 2 is 1.62 bits per heavy atom. The van der Waals surface area contributed by atoms with Gasteiger partial charge in [-0.25, -0.2) is 4.98 Å². The Hall–Kier alpha value is -5.42. The van der Waals surface area contributed by atoms with E-state index in [1.54, 1.807) is 48.5 Å². The number of aromatic nitrogens is 2. The molecule has 0 saturated carbocycles. The second kappa shape index (κ2) is 11.1. The van der Waals surface area contributed by atoms with Crippen molar-refractivity contribution >= 4 is 40.1 Å². The number of hydrogen-bond donors (Lipinski definition) is 0. The van der Waals surface area contributed by atoms with E-state index in [1.165, 1.54) is 36.5 Å². The van der Waals surface area contributed by atoms with E-state index in [1.807, 2.05) is 6.07 Å². The van der Waals surface area contributed by atoms with Crippen molar-refractivity contribution < 1.29 is 14.6 Å². The first-order valence-electron chi connectivity index (χ1n) is 11.8. The Morgan fingerprint density at radius 1 is 0.925 bits per heavy atom. The maximum atomic E-state index is 13.5. The molecule has 0 atom stereocenters. The first kappa shape index (κ1) is 26.2. The number of non-ortho nitro benzene ring substituents is 1. The molecule has 0 aliphatic heterocycles. The average molecular weight is 556 g/mol. The van der Waals surface area contributed by atoms with Crippen molar-refractivity contribution in [1.82, 2.24) is 9.66 Å². The summed E-state index contributed by atoms with van der Waals surface area (Å²) in [7, 11) is 0. The minimum absolute atomic E-state index is 0.0584. The first-order valence-corrected chi connectivity index (χ1v) is 12.2. The van der Waals surface area contributed by atoms with Crippen molar-refractivity contribution in [2.75, 3.05) is 0 Å².